The molecule has 1 N–H and O–H groups in total. The van der Waals surface area contributed by atoms with Gasteiger partial charge in [0.25, 0.3) is 0 Å². The van der Waals surface area contributed by atoms with E-state index in [2.05, 4.69) is 62.5 Å². The number of aliphatic carboxylic acids is 1. The van der Waals surface area contributed by atoms with Crippen LogP contribution in [0.25, 0.3) is 0 Å². The van der Waals surface area contributed by atoms with Crippen LogP contribution in [-0.4, -0.2) is 11.1 Å². The van der Waals surface area contributed by atoms with Crippen molar-refractivity contribution in [2.45, 2.75) is 181 Å². The van der Waals surface area contributed by atoms with Gasteiger partial charge in [-0.05, 0) is 89.9 Å². The van der Waals surface area contributed by atoms with E-state index >= 15 is 0 Å². The molecule has 0 unspecified atom stereocenters. The molecule has 0 radical (unpaired) electrons. The molecule has 236 valence electrons. The SMILES string of the molecule is CCCCCC=CCC=CCCCCCCCCC(=CC(=O)O)CCCCCCCC/C=C\C/C=C\CCCCC. The molecule has 0 aromatic rings. The molecular weight excluding hydrogens is 500 g/mol. The van der Waals surface area contributed by atoms with E-state index in [0.717, 1.165) is 44.1 Å². The molecule has 0 amide bonds. The second-order valence-corrected chi connectivity index (χ2v) is 11.8. The largest absolute Gasteiger partial charge is 0.478 e. The van der Waals surface area contributed by atoms with Crippen LogP contribution in [0.1, 0.15) is 181 Å². The maximum atomic E-state index is 11.3. The molecular formula is C39H68O2. The number of hydrogen-bond donors (Lipinski definition) is 1. The highest BCUT2D eigenvalue weighted by Crippen LogP contribution is 2.19. The summed E-state index contributed by atoms with van der Waals surface area (Å²) >= 11 is 0. The van der Waals surface area contributed by atoms with Crippen LogP contribution in [0.5, 0.6) is 0 Å². The lowest BCUT2D eigenvalue weighted by Gasteiger charge is -2.07. The molecule has 41 heavy (non-hydrogen) atoms. The van der Waals surface area contributed by atoms with Crippen LogP contribution in [0.15, 0.2) is 60.3 Å². The second-order valence-electron chi connectivity index (χ2n) is 11.8. The van der Waals surface area contributed by atoms with Gasteiger partial charge in [-0.15, -0.1) is 0 Å². The fraction of sp³-hybridized carbons (Fsp3) is 0.718. The molecule has 0 aromatic carbocycles. The van der Waals surface area contributed by atoms with E-state index in [1.165, 1.54) is 134 Å². The summed E-state index contributed by atoms with van der Waals surface area (Å²) in [5, 5.41) is 9.26. The normalized spacial score (nSPS) is 12.7. The zero-order chi connectivity index (χ0) is 29.9. The van der Waals surface area contributed by atoms with Crippen molar-refractivity contribution < 1.29 is 9.90 Å². The van der Waals surface area contributed by atoms with Gasteiger partial charge in [0, 0.05) is 6.08 Å². The molecule has 0 heterocycles. The Morgan fingerprint density at radius 2 is 0.756 bits per heavy atom. The van der Waals surface area contributed by atoms with Gasteiger partial charge in [0.1, 0.15) is 0 Å². The summed E-state index contributed by atoms with van der Waals surface area (Å²) < 4.78 is 0. The van der Waals surface area contributed by atoms with Gasteiger partial charge >= 0.3 is 5.97 Å². The number of hydrogen-bond acceptors (Lipinski definition) is 1. The van der Waals surface area contributed by atoms with Crippen LogP contribution in [0.4, 0.5) is 0 Å². The number of carboxylic acids is 1. The Hall–Kier alpha value is -1.83. The molecule has 0 rings (SSSR count). The summed E-state index contributed by atoms with van der Waals surface area (Å²) in [6.07, 6.45) is 51.9. The van der Waals surface area contributed by atoms with Gasteiger partial charge in [-0.2, -0.15) is 0 Å². The topological polar surface area (TPSA) is 37.3 Å². The van der Waals surface area contributed by atoms with Crippen molar-refractivity contribution in [3.8, 4) is 0 Å². The number of allylic oxidation sites excluding steroid dienone is 9. The third-order valence-electron chi connectivity index (χ3n) is 7.72. The summed E-state index contributed by atoms with van der Waals surface area (Å²) in [5.41, 5.74) is 1.15. The van der Waals surface area contributed by atoms with E-state index in [0.29, 0.717) is 0 Å². The maximum absolute atomic E-state index is 11.3. The Morgan fingerprint density at radius 3 is 1.10 bits per heavy atom. The summed E-state index contributed by atoms with van der Waals surface area (Å²) in [4.78, 5) is 11.3. The average Bonchev–Trinajstić information content (AvgIpc) is 2.96. The molecule has 0 aliphatic carbocycles. The Morgan fingerprint density at radius 1 is 0.439 bits per heavy atom. The predicted octanol–water partition coefficient (Wildman–Crippen LogP) is 13.4. The monoisotopic (exact) mass is 569 g/mol. The number of carboxylic acid groups (broad SMARTS) is 1. The van der Waals surface area contributed by atoms with Crippen molar-refractivity contribution in [3.63, 3.8) is 0 Å². The Bertz CT molecular complexity index is 644. The lowest BCUT2D eigenvalue weighted by molar-refractivity contribution is -0.131. The minimum absolute atomic E-state index is 0.778. The molecule has 2 heteroatoms. The number of unbranched alkanes of at least 4 members (excludes halogenated alkanes) is 18. The van der Waals surface area contributed by atoms with Gasteiger partial charge in [-0.3, -0.25) is 0 Å². The average molecular weight is 569 g/mol. The molecule has 0 aliphatic rings. The summed E-state index contributed by atoms with van der Waals surface area (Å²) in [6.45, 7) is 4.51. The van der Waals surface area contributed by atoms with Crippen molar-refractivity contribution in [2.75, 3.05) is 0 Å². The first kappa shape index (κ1) is 39.2. The van der Waals surface area contributed by atoms with Gasteiger partial charge in [0.05, 0.1) is 0 Å². The highest BCUT2D eigenvalue weighted by Gasteiger charge is 2.02. The third-order valence-corrected chi connectivity index (χ3v) is 7.72. The van der Waals surface area contributed by atoms with E-state index < -0.39 is 5.97 Å². The molecule has 0 saturated carbocycles. The molecule has 0 bridgehead atoms. The summed E-state index contributed by atoms with van der Waals surface area (Å²) in [5.74, 6) is -0.778. The van der Waals surface area contributed by atoms with Crippen molar-refractivity contribution >= 4 is 5.97 Å². The third kappa shape index (κ3) is 34.3. The van der Waals surface area contributed by atoms with E-state index in [1.54, 1.807) is 0 Å². The van der Waals surface area contributed by atoms with Crippen LogP contribution in [0.2, 0.25) is 0 Å². The van der Waals surface area contributed by atoms with Crippen LogP contribution >= 0.6 is 0 Å². The first-order valence-electron chi connectivity index (χ1n) is 17.7. The predicted molar refractivity (Wildman–Crippen MR) is 184 cm³/mol. The summed E-state index contributed by atoms with van der Waals surface area (Å²) in [7, 11) is 0. The van der Waals surface area contributed by atoms with Gasteiger partial charge in [-0.25, -0.2) is 4.79 Å². The first-order chi connectivity index (χ1) is 20.2. The lowest BCUT2D eigenvalue weighted by atomic mass is 9.99. The highest BCUT2D eigenvalue weighted by molar-refractivity contribution is 5.80. The van der Waals surface area contributed by atoms with E-state index in [-0.39, 0.29) is 0 Å². The van der Waals surface area contributed by atoms with Crippen molar-refractivity contribution in [2.24, 2.45) is 0 Å². The zero-order valence-electron chi connectivity index (χ0n) is 27.4. The van der Waals surface area contributed by atoms with Crippen LogP contribution in [0.3, 0.4) is 0 Å². The van der Waals surface area contributed by atoms with E-state index in [1.807, 2.05) is 0 Å². The molecule has 0 fully saturated rings. The van der Waals surface area contributed by atoms with Gasteiger partial charge in [-0.1, -0.05) is 145 Å². The first-order valence-corrected chi connectivity index (χ1v) is 17.7. The molecule has 0 aromatic heterocycles. The quantitative estimate of drug-likeness (QED) is 0.0513. The standard InChI is InChI=1S/C39H68O2/c1-3-5-7-9-11-13-15-17-19-21-23-25-27-29-31-33-35-38(37-39(40)41)36-34-32-30-28-26-24-22-20-18-16-14-12-10-8-6-4-2/h11-14,17-20,37H,3-10,15-16,21-36H2,1-2H3,(H,40,41)/b13-11-,14-12?,19-17-,20-18?,38-37?. The van der Waals surface area contributed by atoms with Gasteiger partial charge in [0.15, 0.2) is 0 Å². The fourth-order valence-corrected chi connectivity index (χ4v) is 5.12. The smallest absolute Gasteiger partial charge is 0.328 e. The maximum Gasteiger partial charge on any atom is 0.328 e. The number of rotatable bonds is 31. The van der Waals surface area contributed by atoms with E-state index in [9.17, 15) is 9.90 Å². The minimum Gasteiger partial charge on any atom is -0.478 e. The Kier molecular flexibility index (Phi) is 32.8. The van der Waals surface area contributed by atoms with Crippen LogP contribution in [-0.2, 0) is 4.79 Å². The Balaban J connectivity index is 3.66. The van der Waals surface area contributed by atoms with Gasteiger partial charge < -0.3 is 5.11 Å². The molecule has 2 nitrogen and oxygen atoms in total. The van der Waals surface area contributed by atoms with Crippen molar-refractivity contribution in [1.82, 2.24) is 0 Å². The Labute approximate surface area is 256 Å². The molecule has 0 spiro atoms. The lowest BCUT2D eigenvalue weighted by Crippen LogP contribution is -1.94. The van der Waals surface area contributed by atoms with E-state index in [4.69, 9.17) is 0 Å². The fourth-order valence-electron chi connectivity index (χ4n) is 5.12. The zero-order valence-corrected chi connectivity index (χ0v) is 27.4. The van der Waals surface area contributed by atoms with Crippen molar-refractivity contribution in [1.29, 1.82) is 0 Å². The van der Waals surface area contributed by atoms with Crippen molar-refractivity contribution in [3.05, 3.63) is 60.3 Å². The second kappa shape index (κ2) is 34.4. The van der Waals surface area contributed by atoms with Crippen LogP contribution < -0.4 is 0 Å². The van der Waals surface area contributed by atoms with Crippen LogP contribution in [0, 0.1) is 0 Å². The molecule has 0 aliphatic heterocycles. The number of carbonyl (C=O) groups is 1. The molecule has 0 atom stereocenters. The highest BCUT2D eigenvalue weighted by atomic mass is 16.4. The minimum atomic E-state index is -0.778. The summed E-state index contributed by atoms with van der Waals surface area (Å²) in [6, 6.07) is 0. The molecule has 0 saturated heterocycles. The van der Waals surface area contributed by atoms with Gasteiger partial charge in [0.2, 0.25) is 0 Å².